The molecule has 0 unspecified atom stereocenters. The van der Waals surface area contributed by atoms with Crippen LogP contribution >= 0.6 is 0 Å². The number of furan rings is 1. The highest BCUT2D eigenvalue weighted by Gasteiger charge is 2.33. The zero-order chi connectivity index (χ0) is 19.2. The lowest BCUT2D eigenvalue weighted by molar-refractivity contribution is 0.104. The maximum atomic E-state index is 5.62. The first-order chi connectivity index (χ1) is 13.3. The fraction of sp³-hybridized carbons (Fsp3) is 0.762. The summed E-state index contributed by atoms with van der Waals surface area (Å²) in [5, 5.41) is 6.78. The van der Waals surface area contributed by atoms with E-state index < -0.39 is 0 Å². The monoisotopic (exact) mass is 379 g/mol. The van der Waals surface area contributed by atoms with Crippen LogP contribution < -0.4 is 10.6 Å². The van der Waals surface area contributed by atoms with Crippen LogP contribution in [0.1, 0.15) is 58.1 Å². The molecule has 27 heavy (non-hydrogen) atoms. The van der Waals surface area contributed by atoms with Gasteiger partial charge in [0.05, 0.1) is 6.26 Å². The van der Waals surface area contributed by atoms with Gasteiger partial charge in [-0.2, -0.15) is 0 Å². The van der Waals surface area contributed by atoms with Crippen molar-refractivity contribution in [3.63, 3.8) is 0 Å². The van der Waals surface area contributed by atoms with Gasteiger partial charge in [0.25, 0.3) is 0 Å². The summed E-state index contributed by atoms with van der Waals surface area (Å²) in [6.45, 7) is 9.63. The molecule has 0 bridgehead atoms. The average Bonchev–Trinajstić information content (AvgIpc) is 3.35. The van der Waals surface area contributed by atoms with E-state index in [-0.39, 0.29) is 0 Å². The van der Waals surface area contributed by atoms with Gasteiger partial charge in [0.1, 0.15) is 12.4 Å². The minimum Gasteiger partial charge on any atom is -0.467 e. The van der Waals surface area contributed by atoms with Crippen molar-refractivity contribution in [2.75, 3.05) is 39.5 Å². The first kappa shape index (κ1) is 21.8. The normalized spacial score (nSPS) is 16.6. The molecular formula is C21H37N3O3. The number of aliphatic imine (C=N–C) groups is 1. The van der Waals surface area contributed by atoms with E-state index in [1.807, 2.05) is 12.1 Å². The summed E-state index contributed by atoms with van der Waals surface area (Å²) in [4.78, 5) is 4.89. The third-order valence-electron chi connectivity index (χ3n) is 5.14. The highest BCUT2D eigenvalue weighted by atomic mass is 16.5. The van der Waals surface area contributed by atoms with Crippen molar-refractivity contribution in [2.45, 2.75) is 59.0 Å². The number of rotatable bonds is 13. The molecule has 0 radical (unpaired) electrons. The SMILES string of the molecule is CCNC(=NCC1(CCOCC)CCCC1)NCCCOCc1ccco1. The average molecular weight is 380 g/mol. The Labute approximate surface area is 164 Å². The Kier molecular flexibility index (Phi) is 10.3. The van der Waals surface area contributed by atoms with Crippen molar-refractivity contribution >= 4 is 5.96 Å². The van der Waals surface area contributed by atoms with Gasteiger partial charge in [0.2, 0.25) is 0 Å². The molecule has 6 heteroatoms. The van der Waals surface area contributed by atoms with E-state index in [4.69, 9.17) is 18.9 Å². The molecule has 2 rings (SSSR count). The third-order valence-corrected chi connectivity index (χ3v) is 5.14. The van der Waals surface area contributed by atoms with Gasteiger partial charge in [-0.1, -0.05) is 12.8 Å². The third kappa shape index (κ3) is 8.35. The van der Waals surface area contributed by atoms with E-state index in [0.29, 0.717) is 18.6 Å². The number of hydrogen-bond donors (Lipinski definition) is 2. The Hall–Kier alpha value is -1.53. The molecule has 6 nitrogen and oxygen atoms in total. The molecule has 0 aromatic carbocycles. The number of guanidine groups is 1. The Morgan fingerprint density at radius 2 is 2.04 bits per heavy atom. The van der Waals surface area contributed by atoms with Gasteiger partial charge in [-0.05, 0) is 57.1 Å². The Morgan fingerprint density at radius 3 is 2.74 bits per heavy atom. The lowest BCUT2D eigenvalue weighted by Crippen LogP contribution is -2.39. The van der Waals surface area contributed by atoms with Crippen LogP contribution in [-0.4, -0.2) is 45.4 Å². The largest absolute Gasteiger partial charge is 0.467 e. The van der Waals surface area contributed by atoms with Crippen molar-refractivity contribution < 1.29 is 13.9 Å². The van der Waals surface area contributed by atoms with Crippen LogP contribution in [0.4, 0.5) is 0 Å². The predicted molar refractivity (Wildman–Crippen MR) is 109 cm³/mol. The summed E-state index contributed by atoms with van der Waals surface area (Å²) >= 11 is 0. The number of nitrogens with one attached hydrogen (secondary N) is 2. The molecule has 0 aliphatic heterocycles. The van der Waals surface area contributed by atoms with E-state index >= 15 is 0 Å². The summed E-state index contributed by atoms with van der Waals surface area (Å²) in [7, 11) is 0. The van der Waals surface area contributed by atoms with Crippen LogP contribution in [0.5, 0.6) is 0 Å². The Balaban J connectivity index is 1.70. The Morgan fingerprint density at radius 1 is 1.19 bits per heavy atom. The van der Waals surface area contributed by atoms with Crippen LogP contribution in [0.3, 0.4) is 0 Å². The van der Waals surface area contributed by atoms with Crippen molar-refractivity contribution in [3.8, 4) is 0 Å². The maximum absolute atomic E-state index is 5.62. The molecule has 0 atom stereocenters. The lowest BCUT2D eigenvalue weighted by Gasteiger charge is -2.27. The van der Waals surface area contributed by atoms with Gasteiger partial charge >= 0.3 is 0 Å². The molecular weight excluding hydrogens is 342 g/mol. The van der Waals surface area contributed by atoms with Gasteiger partial charge in [-0.15, -0.1) is 0 Å². The van der Waals surface area contributed by atoms with E-state index in [2.05, 4.69) is 24.5 Å². The van der Waals surface area contributed by atoms with Crippen LogP contribution in [-0.2, 0) is 16.1 Å². The molecule has 1 aromatic heterocycles. The topological polar surface area (TPSA) is 68.0 Å². The van der Waals surface area contributed by atoms with Crippen LogP contribution in [0.15, 0.2) is 27.8 Å². The van der Waals surface area contributed by atoms with Gasteiger partial charge in [0, 0.05) is 39.5 Å². The van der Waals surface area contributed by atoms with E-state index in [0.717, 1.165) is 57.4 Å². The fourth-order valence-electron chi connectivity index (χ4n) is 3.58. The van der Waals surface area contributed by atoms with Crippen LogP contribution in [0, 0.1) is 5.41 Å². The van der Waals surface area contributed by atoms with Crippen molar-refractivity contribution in [1.29, 1.82) is 0 Å². The fourth-order valence-corrected chi connectivity index (χ4v) is 3.58. The summed E-state index contributed by atoms with van der Waals surface area (Å²) in [6, 6.07) is 3.81. The van der Waals surface area contributed by atoms with Crippen LogP contribution in [0.25, 0.3) is 0 Å². The standard InChI is InChI=1S/C21H37N3O3/c1-3-22-20(23-13-8-14-26-17-19-9-7-15-27-19)24-18-21(10-5-6-11-21)12-16-25-4-2/h7,9,15H,3-6,8,10-14,16-18H2,1-2H3,(H2,22,23,24). The second-order valence-electron chi connectivity index (χ2n) is 7.26. The second-order valence-corrected chi connectivity index (χ2v) is 7.26. The summed E-state index contributed by atoms with van der Waals surface area (Å²) in [5.41, 5.74) is 0.323. The molecule has 1 heterocycles. The van der Waals surface area contributed by atoms with E-state index in [9.17, 15) is 0 Å². The summed E-state index contributed by atoms with van der Waals surface area (Å²) in [5.74, 6) is 1.78. The van der Waals surface area contributed by atoms with E-state index in [1.54, 1.807) is 6.26 Å². The molecule has 0 spiro atoms. The number of nitrogens with zero attached hydrogens (tertiary/aromatic N) is 1. The zero-order valence-corrected chi connectivity index (χ0v) is 17.1. The lowest BCUT2D eigenvalue weighted by atomic mass is 9.83. The van der Waals surface area contributed by atoms with E-state index in [1.165, 1.54) is 25.7 Å². The molecule has 1 aliphatic carbocycles. The number of ether oxygens (including phenoxy) is 2. The summed E-state index contributed by atoms with van der Waals surface area (Å²) < 4.78 is 16.5. The molecule has 1 fully saturated rings. The molecule has 0 saturated heterocycles. The van der Waals surface area contributed by atoms with Crippen LogP contribution in [0.2, 0.25) is 0 Å². The highest BCUT2D eigenvalue weighted by molar-refractivity contribution is 5.79. The molecule has 0 amide bonds. The highest BCUT2D eigenvalue weighted by Crippen LogP contribution is 2.41. The molecule has 154 valence electrons. The molecule has 1 aromatic rings. The van der Waals surface area contributed by atoms with Crippen molar-refractivity contribution in [3.05, 3.63) is 24.2 Å². The van der Waals surface area contributed by atoms with Gasteiger partial charge < -0.3 is 24.5 Å². The minimum absolute atomic E-state index is 0.323. The summed E-state index contributed by atoms with van der Waals surface area (Å²) in [6.07, 6.45) is 8.89. The first-order valence-electron chi connectivity index (χ1n) is 10.5. The quantitative estimate of drug-likeness (QED) is 0.310. The zero-order valence-electron chi connectivity index (χ0n) is 17.1. The molecule has 1 saturated carbocycles. The molecule has 1 aliphatic rings. The molecule has 2 N–H and O–H groups in total. The predicted octanol–water partition coefficient (Wildman–Crippen LogP) is 3.73. The second kappa shape index (κ2) is 12.8. The maximum Gasteiger partial charge on any atom is 0.191 e. The van der Waals surface area contributed by atoms with Gasteiger partial charge in [0.15, 0.2) is 5.96 Å². The smallest absolute Gasteiger partial charge is 0.191 e. The Bertz CT molecular complexity index is 511. The van der Waals surface area contributed by atoms with Crippen molar-refractivity contribution in [2.24, 2.45) is 10.4 Å². The van der Waals surface area contributed by atoms with Gasteiger partial charge in [-0.3, -0.25) is 4.99 Å². The first-order valence-corrected chi connectivity index (χ1v) is 10.5. The van der Waals surface area contributed by atoms with Crippen molar-refractivity contribution in [1.82, 2.24) is 10.6 Å². The van der Waals surface area contributed by atoms with Gasteiger partial charge in [-0.25, -0.2) is 0 Å². The minimum atomic E-state index is 0.323. The number of hydrogen-bond acceptors (Lipinski definition) is 4.